The molecule has 2 heterocycles. The lowest BCUT2D eigenvalue weighted by Gasteiger charge is -2.29. The molecule has 4 rings (SSSR count). The highest BCUT2D eigenvalue weighted by Crippen LogP contribution is 2.29. The van der Waals surface area contributed by atoms with Gasteiger partial charge in [0, 0.05) is 25.8 Å². The van der Waals surface area contributed by atoms with Crippen molar-refractivity contribution in [2.24, 2.45) is 0 Å². The lowest BCUT2D eigenvalue weighted by atomic mass is 9.93. The summed E-state index contributed by atoms with van der Waals surface area (Å²) in [6.45, 7) is 1.66. The highest BCUT2D eigenvalue weighted by Gasteiger charge is 2.23. The Morgan fingerprint density at radius 1 is 1.32 bits per heavy atom. The second-order valence-corrected chi connectivity index (χ2v) is 7.74. The summed E-state index contributed by atoms with van der Waals surface area (Å²) in [6.07, 6.45) is 1.17. The standard InChI is InChI=1S/C21H20N4O2S/c1-27-13-16-6-3-7-18-19(16)23-20(28-18)24-21(26)25-11-9-17-14(8-10-22)4-2-5-15(17)12-25/h2-7H,8-9,11-13H2,1H3,(H,23,24,26). The van der Waals surface area contributed by atoms with Crippen LogP contribution in [0.2, 0.25) is 0 Å². The van der Waals surface area contributed by atoms with Gasteiger partial charge < -0.3 is 9.64 Å². The molecular weight excluding hydrogens is 372 g/mol. The number of fused-ring (bicyclic) bond motifs is 2. The van der Waals surface area contributed by atoms with E-state index < -0.39 is 0 Å². The monoisotopic (exact) mass is 392 g/mol. The molecule has 0 aliphatic carbocycles. The predicted molar refractivity (Wildman–Crippen MR) is 109 cm³/mol. The van der Waals surface area contributed by atoms with Gasteiger partial charge in [-0.2, -0.15) is 5.26 Å². The molecule has 1 aliphatic rings. The van der Waals surface area contributed by atoms with Crippen LogP contribution in [-0.4, -0.2) is 29.6 Å². The molecule has 28 heavy (non-hydrogen) atoms. The van der Waals surface area contributed by atoms with Gasteiger partial charge in [0.1, 0.15) is 0 Å². The van der Waals surface area contributed by atoms with Crippen LogP contribution < -0.4 is 5.32 Å². The van der Waals surface area contributed by atoms with Crippen molar-refractivity contribution in [1.82, 2.24) is 9.88 Å². The lowest BCUT2D eigenvalue weighted by molar-refractivity contribution is 0.186. The van der Waals surface area contributed by atoms with E-state index >= 15 is 0 Å². The number of thiazole rings is 1. The van der Waals surface area contributed by atoms with Gasteiger partial charge in [-0.25, -0.2) is 9.78 Å². The molecule has 0 spiro atoms. The number of benzene rings is 2. The Kier molecular flexibility index (Phi) is 5.24. The summed E-state index contributed by atoms with van der Waals surface area (Å²) in [4.78, 5) is 19.2. The van der Waals surface area contributed by atoms with Crippen LogP contribution in [0.4, 0.5) is 9.93 Å². The molecule has 3 aromatic rings. The number of ether oxygens (including phenoxy) is 1. The third kappa shape index (κ3) is 3.57. The minimum atomic E-state index is -0.149. The van der Waals surface area contributed by atoms with Crippen LogP contribution in [0.3, 0.4) is 0 Å². The quantitative estimate of drug-likeness (QED) is 0.725. The number of aromatic nitrogens is 1. The first-order chi connectivity index (χ1) is 13.7. The van der Waals surface area contributed by atoms with Crippen molar-refractivity contribution in [3.63, 3.8) is 0 Å². The van der Waals surface area contributed by atoms with Crippen molar-refractivity contribution in [3.8, 4) is 6.07 Å². The van der Waals surface area contributed by atoms with Crippen molar-refractivity contribution >= 4 is 32.7 Å². The first-order valence-electron chi connectivity index (χ1n) is 9.09. The predicted octanol–water partition coefficient (Wildman–Crippen LogP) is 4.10. The van der Waals surface area contributed by atoms with Gasteiger partial charge in [0.2, 0.25) is 0 Å². The number of hydrogen-bond acceptors (Lipinski definition) is 5. The fourth-order valence-corrected chi connectivity index (χ4v) is 4.52. The maximum Gasteiger partial charge on any atom is 0.323 e. The summed E-state index contributed by atoms with van der Waals surface area (Å²) in [7, 11) is 1.66. The molecule has 6 nitrogen and oxygen atoms in total. The molecule has 0 atom stereocenters. The number of para-hydroxylation sites is 1. The van der Waals surface area contributed by atoms with E-state index in [1.807, 2.05) is 36.4 Å². The zero-order valence-electron chi connectivity index (χ0n) is 15.6. The van der Waals surface area contributed by atoms with Crippen LogP contribution in [0.15, 0.2) is 36.4 Å². The molecule has 1 N–H and O–H groups in total. The van der Waals surface area contributed by atoms with Crippen LogP contribution in [0.25, 0.3) is 10.2 Å². The third-order valence-corrected chi connectivity index (χ3v) is 5.87. The molecule has 0 fully saturated rings. The average molecular weight is 392 g/mol. The molecule has 1 aliphatic heterocycles. The summed E-state index contributed by atoms with van der Waals surface area (Å²) < 4.78 is 6.25. The number of nitriles is 1. The molecule has 0 bridgehead atoms. The largest absolute Gasteiger partial charge is 0.380 e. The fourth-order valence-electron chi connectivity index (χ4n) is 3.61. The van der Waals surface area contributed by atoms with E-state index in [0.717, 1.165) is 33.3 Å². The highest BCUT2D eigenvalue weighted by molar-refractivity contribution is 7.22. The number of hydrogen-bond donors (Lipinski definition) is 1. The minimum Gasteiger partial charge on any atom is -0.380 e. The number of methoxy groups -OCH3 is 1. The Morgan fingerprint density at radius 3 is 2.96 bits per heavy atom. The highest BCUT2D eigenvalue weighted by atomic mass is 32.1. The van der Waals surface area contributed by atoms with Crippen LogP contribution >= 0.6 is 11.3 Å². The van der Waals surface area contributed by atoms with E-state index in [-0.39, 0.29) is 6.03 Å². The summed E-state index contributed by atoms with van der Waals surface area (Å²) in [5, 5.41) is 12.5. The number of amides is 2. The van der Waals surface area contributed by atoms with Crippen LogP contribution in [-0.2, 0) is 30.7 Å². The van der Waals surface area contributed by atoms with Crippen molar-refractivity contribution in [1.29, 1.82) is 5.26 Å². The molecular formula is C21H20N4O2S. The third-order valence-electron chi connectivity index (χ3n) is 4.94. The molecule has 142 valence electrons. The number of carbonyl (C=O) groups excluding carboxylic acids is 1. The van der Waals surface area contributed by atoms with E-state index in [1.54, 1.807) is 12.0 Å². The van der Waals surface area contributed by atoms with Gasteiger partial charge in [0.25, 0.3) is 0 Å². The second kappa shape index (κ2) is 7.97. The molecule has 0 saturated heterocycles. The number of nitrogens with one attached hydrogen (secondary N) is 1. The first-order valence-corrected chi connectivity index (χ1v) is 9.91. The Balaban J connectivity index is 1.51. The topological polar surface area (TPSA) is 78.2 Å². The van der Waals surface area contributed by atoms with Crippen molar-refractivity contribution in [3.05, 3.63) is 58.7 Å². The van der Waals surface area contributed by atoms with Crippen LogP contribution in [0.5, 0.6) is 0 Å². The fraction of sp³-hybridized carbons (Fsp3) is 0.286. The summed E-state index contributed by atoms with van der Waals surface area (Å²) >= 11 is 1.46. The molecule has 7 heteroatoms. The molecule has 1 aromatic heterocycles. The maximum atomic E-state index is 12.8. The zero-order chi connectivity index (χ0) is 19.5. The molecule has 2 aromatic carbocycles. The first kappa shape index (κ1) is 18.4. The number of urea groups is 1. The Morgan fingerprint density at radius 2 is 2.14 bits per heavy atom. The lowest BCUT2D eigenvalue weighted by Crippen LogP contribution is -2.39. The van der Waals surface area contributed by atoms with E-state index in [0.29, 0.717) is 31.2 Å². The smallest absolute Gasteiger partial charge is 0.323 e. The SMILES string of the molecule is COCc1cccc2sc(NC(=O)N3CCc4c(CC#N)cccc4C3)nc12. The van der Waals surface area contributed by atoms with Gasteiger partial charge in [-0.3, -0.25) is 5.32 Å². The van der Waals surface area contributed by atoms with Crippen LogP contribution in [0.1, 0.15) is 22.3 Å². The Hall–Kier alpha value is -2.95. The van der Waals surface area contributed by atoms with E-state index in [2.05, 4.69) is 16.4 Å². The molecule has 0 radical (unpaired) electrons. The normalized spacial score (nSPS) is 13.2. The Bertz CT molecular complexity index is 1070. The number of nitrogens with zero attached hydrogens (tertiary/aromatic N) is 3. The van der Waals surface area contributed by atoms with Gasteiger partial charge in [0.05, 0.1) is 29.3 Å². The second-order valence-electron chi connectivity index (χ2n) is 6.71. The van der Waals surface area contributed by atoms with Crippen molar-refractivity contribution < 1.29 is 9.53 Å². The minimum absolute atomic E-state index is 0.149. The van der Waals surface area contributed by atoms with Crippen molar-refractivity contribution in [2.45, 2.75) is 26.0 Å². The maximum absolute atomic E-state index is 12.8. The zero-order valence-corrected chi connectivity index (χ0v) is 16.4. The van der Waals surface area contributed by atoms with Gasteiger partial charge in [0.15, 0.2) is 5.13 Å². The summed E-state index contributed by atoms with van der Waals surface area (Å²) in [5.74, 6) is 0. The van der Waals surface area contributed by atoms with E-state index in [9.17, 15) is 4.79 Å². The number of rotatable bonds is 4. The molecule has 0 unspecified atom stereocenters. The average Bonchev–Trinajstić information content (AvgIpc) is 3.12. The molecule has 0 saturated carbocycles. The summed E-state index contributed by atoms with van der Waals surface area (Å²) in [5.41, 5.74) is 5.26. The van der Waals surface area contributed by atoms with E-state index in [4.69, 9.17) is 10.00 Å². The summed E-state index contributed by atoms with van der Waals surface area (Å²) in [6, 6.07) is 14.0. The van der Waals surface area contributed by atoms with Gasteiger partial charge >= 0.3 is 6.03 Å². The van der Waals surface area contributed by atoms with Crippen LogP contribution in [0, 0.1) is 11.3 Å². The van der Waals surface area contributed by atoms with Gasteiger partial charge in [-0.1, -0.05) is 41.7 Å². The van der Waals surface area contributed by atoms with Crippen molar-refractivity contribution in [2.75, 3.05) is 19.0 Å². The van der Waals surface area contributed by atoms with Gasteiger partial charge in [-0.15, -0.1) is 0 Å². The number of carbonyl (C=O) groups is 1. The number of anilines is 1. The van der Waals surface area contributed by atoms with E-state index in [1.165, 1.54) is 16.9 Å². The Labute approximate surface area is 167 Å². The molecule has 2 amide bonds. The van der Waals surface area contributed by atoms with Gasteiger partial charge in [-0.05, 0) is 29.2 Å².